The number of nitrogens with zero attached hydrogens (tertiary/aromatic N) is 1. The van der Waals surface area contributed by atoms with Gasteiger partial charge in [-0.25, -0.2) is 4.79 Å². The lowest BCUT2D eigenvalue weighted by Crippen LogP contribution is -2.30. The Hall–Kier alpha value is -1.36. The van der Waals surface area contributed by atoms with Crippen LogP contribution < -0.4 is 11.2 Å². The minimum Gasteiger partial charge on any atom is -0.296 e. The zero-order valence-corrected chi connectivity index (χ0v) is 9.82. The van der Waals surface area contributed by atoms with Gasteiger partial charge in [-0.2, -0.15) is 0 Å². The van der Waals surface area contributed by atoms with Crippen LogP contribution in [0.15, 0.2) is 32.9 Å². The van der Waals surface area contributed by atoms with Crippen LogP contribution in [0.4, 0.5) is 0 Å². The second kappa shape index (κ2) is 5.50. The van der Waals surface area contributed by atoms with Crippen LogP contribution in [0.1, 0.15) is 12.5 Å². The van der Waals surface area contributed by atoms with Gasteiger partial charge in [0, 0.05) is 12.7 Å². The molecule has 15 heavy (non-hydrogen) atoms. The molecule has 1 rings (SSSR count). The second-order valence-corrected chi connectivity index (χ2v) is 3.39. The summed E-state index contributed by atoms with van der Waals surface area (Å²) in [6.07, 6.45) is 6.79. The third-order valence-electron chi connectivity index (χ3n) is 1.82. The Kier molecular flexibility index (Phi) is 4.30. The highest BCUT2D eigenvalue weighted by Gasteiger charge is 1.99. The highest BCUT2D eigenvalue weighted by molar-refractivity contribution is 9.11. The molecule has 1 N–H and O–H groups in total. The third kappa shape index (κ3) is 3.06. The van der Waals surface area contributed by atoms with E-state index in [1.54, 1.807) is 11.1 Å². The van der Waals surface area contributed by atoms with Crippen molar-refractivity contribution in [2.45, 2.75) is 13.5 Å². The van der Waals surface area contributed by atoms with Crippen molar-refractivity contribution in [3.63, 3.8) is 0 Å². The summed E-state index contributed by atoms with van der Waals surface area (Å²) in [6.45, 7) is 2.32. The normalized spacial score (nSPS) is 11.6. The lowest BCUT2D eigenvalue weighted by atomic mass is 10.3. The number of halogens is 1. The first kappa shape index (κ1) is 11.7. The van der Waals surface area contributed by atoms with Crippen LogP contribution in [0.3, 0.4) is 0 Å². The molecule has 1 heterocycles. The molecule has 0 aliphatic carbocycles. The van der Waals surface area contributed by atoms with E-state index in [-0.39, 0.29) is 5.56 Å². The fourth-order valence-corrected chi connectivity index (χ4v) is 1.35. The maximum atomic E-state index is 11.3. The average Bonchev–Trinajstić information content (AvgIpc) is 2.20. The molecule has 0 fully saturated rings. The van der Waals surface area contributed by atoms with Crippen LogP contribution in [0.5, 0.6) is 0 Å². The fourth-order valence-electron chi connectivity index (χ4n) is 1.07. The predicted molar refractivity (Wildman–Crippen MR) is 64.1 cm³/mol. The number of nitrogens with one attached hydrogen (secondary N) is 1. The summed E-state index contributed by atoms with van der Waals surface area (Å²) in [6, 6.07) is 0. The standard InChI is InChI=1S/C10H11BrN2O2/c1-2-3-6-13-7-8(4-5-11)9(14)12-10(13)15/h2-5,7H,6H2,1H3,(H,12,14,15)/b3-2+,5-4+. The molecule has 0 aliphatic rings. The van der Waals surface area contributed by atoms with E-state index in [9.17, 15) is 9.59 Å². The molecule has 0 atom stereocenters. The van der Waals surface area contributed by atoms with E-state index >= 15 is 0 Å². The lowest BCUT2D eigenvalue weighted by Gasteiger charge is -2.01. The van der Waals surface area contributed by atoms with Crippen LogP contribution in [0.25, 0.3) is 6.08 Å². The Bertz CT molecular complexity index is 497. The van der Waals surface area contributed by atoms with Crippen molar-refractivity contribution >= 4 is 22.0 Å². The minimum atomic E-state index is -0.398. The van der Waals surface area contributed by atoms with Crippen LogP contribution in [0.2, 0.25) is 0 Å². The molecule has 4 nitrogen and oxygen atoms in total. The van der Waals surface area contributed by atoms with Gasteiger partial charge in [-0.15, -0.1) is 0 Å². The van der Waals surface area contributed by atoms with Gasteiger partial charge in [0.25, 0.3) is 5.56 Å². The molecule has 0 radical (unpaired) electrons. The Balaban J connectivity index is 3.23. The summed E-state index contributed by atoms with van der Waals surface area (Å²) in [5.41, 5.74) is -0.340. The first-order valence-electron chi connectivity index (χ1n) is 4.40. The van der Waals surface area contributed by atoms with Crippen molar-refractivity contribution < 1.29 is 0 Å². The Labute approximate surface area is 95.1 Å². The van der Waals surface area contributed by atoms with Crippen LogP contribution in [0, 0.1) is 0 Å². The number of H-pyrrole nitrogens is 1. The quantitative estimate of drug-likeness (QED) is 0.846. The first-order chi connectivity index (χ1) is 7.19. The molecule has 0 aromatic carbocycles. The molecule has 5 heteroatoms. The van der Waals surface area contributed by atoms with Crippen molar-refractivity contribution in [2.75, 3.05) is 0 Å². The zero-order chi connectivity index (χ0) is 11.3. The highest BCUT2D eigenvalue weighted by Crippen LogP contribution is 1.95. The molecule has 0 aliphatic heterocycles. The van der Waals surface area contributed by atoms with Gasteiger partial charge in [0.1, 0.15) is 0 Å². The van der Waals surface area contributed by atoms with E-state index in [2.05, 4.69) is 20.9 Å². The van der Waals surface area contributed by atoms with E-state index in [0.29, 0.717) is 12.1 Å². The van der Waals surface area contributed by atoms with Crippen LogP contribution in [-0.4, -0.2) is 9.55 Å². The predicted octanol–water partition coefficient (Wildman–Crippen LogP) is 1.48. The van der Waals surface area contributed by atoms with E-state index in [1.807, 2.05) is 19.1 Å². The first-order valence-corrected chi connectivity index (χ1v) is 5.32. The van der Waals surface area contributed by atoms with Gasteiger partial charge in [0.05, 0.1) is 5.56 Å². The van der Waals surface area contributed by atoms with Crippen LogP contribution >= 0.6 is 15.9 Å². The molecule has 0 spiro atoms. The van der Waals surface area contributed by atoms with Gasteiger partial charge in [-0.3, -0.25) is 14.3 Å². The smallest absolute Gasteiger partial charge is 0.296 e. The summed E-state index contributed by atoms with van der Waals surface area (Å²) < 4.78 is 1.43. The van der Waals surface area contributed by atoms with Crippen molar-refractivity contribution in [1.29, 1.82) is 0 Å². The lowest BCUT2D eigenvalue weighted by molar-refractivity contribution is 0.733. The van der Waals surface area contributed by atoms with Gasteiger partial charge in [-0.1, -0.05) is 28.1 Å². The maximum Gasteiger partial charge on any atom is 0.328 e. The van der Waals surface area contributed by atoms with E-state index in [1.165, 1.54) is 10.8 Å². The molecule has 1 aromatic rings. The Morgan fingerprint density at radius 2 is 2.27 bits per heavy atom. The summed E-state index contributed by atoms with van der Waals surface area (Å²) in [4.78, 5) is 26.5. The van der Waals surface area contributed by atoms with Gasteiger partial charge in [-0.05, 0) is 18.0 Å². The van der Waals surface area contributed by atoms with Crippen molar-refractivity contribution in [2.24, 2.45) is 0 Å². The number of aromatic amines is 1. The summed E-state index contributed by atoms with van der Waals surface area (Å²) >= 11 is 3.08. The summed E-state index contributed by atoms with van der Waals surface area (Å²) in [5, 5.41) is 0. The maximum absolute atomic E-state index is 11.3. The van der Waals surface area contributed by atoms with E-state index < -0.39 is 5.69 Å². The molecule has 80 valence electrons. The monoisotopic (exact) mass is 270 g/mol. The van der Waals surface area contributed by atoms with Gasteiger partial charge in [0.2, 0.25) is 0 Å². The molecule has 0 bridgehead atoms. The third-order valence-corrected chi connectivity index (χ3v) is 2.08. The van der Waals surface area contributed by atoms with Crippen molar-refractivity contribution in [3.05, 3.63) is 49.7 Å². The number of hydrogen-bond donors (Lipinski definition) is 1. The number of rotatable bonds is 3. The topological polar surface area (TPSA) is 54.9 Å². The summed E-state index contributed by atoms with van der Waals surface area (Å²) in [7, 11) is 0. The molecular formula is C10H11BrN2O2. The molecule has 0 amide bonds. The fraction of sp³-hybridized carbons (Fsp3) is 0.200. The largest absolute Gasteiger partial charge is 0.328 e. The van der Waals surface area contributed by atoms with Gasteiger partial charge >= 0.3 is 5.69 Å². The van der Waals surface area contributed by atoms with E-state index in [4.69, 9.17) is 0 Å². The van der Waals surface area contributed by atoms with E-state index in [0.717, 1.165) is 0 Å². The van der Waals surface area contributed by atoms with Gasteiger partial charge in [0.15, 0.2) is 0 Å². The molecule has 1 aromatic heterocycles. The summed E-state index contributed by atoms with van der Waals surface area (Å²) in [5.74, 6) is 0. The van der Waals surface area contributed by atoms with Crippen molar-refractivity contribution in [3.8, 4) is 0 Å². The number of allylic oxidation sites excluding steroid dienone is 2. The average molecular weight is 271 g/mol. The molecule has 0 unspecified atom stereocenters. The van der Waals surface area contributed by atoms with Gasteiger partial charge < -0.3 is 0 Å². The van der Waals surface area contributed by atoms with Crippen molar-refractivity contribution in [1.82, 2.24) is 9.55 Å². The molecule has 0 saturated heterocycles. The molecule has 0 saturated carbocycles. The van der Waals surface area contributed by atoms with Crippen LogP contribution in [-0.2, 0) is 6.54 Å². The number of aromatic nitrogens is 2. The molecular weight excluding hydrogens is 260 g/mol. The SMILES string of the molecule is C/C=C/Cn1cc(/C=C/Br)c(=O)[nH]c1=O. The number of hydrogen-bond acceptors (Lipinski definition) is 2. The second-order valence-electron chi connectivity index (χ2n) is 2.86. The zero-order valence-electron chi connectivity index (χ0n) is 8.24. The Morgan fingerprint density at radius 1 is 1.53 bits per heavy atom. The minimum absolute atomic E-state index is 0.382. The highest BCUT2D eigenvalue weighted by atomic mass is 79.9. The Morgan fingerprint density at radius 3 is 2.87 bits per heavy atom.